The number of methoxy groups -OCH3 is 1. The van der Waals surface area contributed by atoms with Crippen LogP contribution in [-0.2, 0) is 32.6 Å². The molecule has 2 amide bonds. The third-order valence-electron chi connectivity index (χ3n) is 8.02. The molecule has 0 unspecified atom stereocenters. The van der Waals surface area contributed by atoms with E-state index >= 15 is 0 Å². The highest BCUT2D eigenvalue weighted by Crippen LogP contribution is 2.31. The van der Waals surface area contributed by atoms with Crippen molar-refractivity contribution in [2.24, 2.45) is 0 Å². The largest absolute Gasteiger partial charge is 0.496 e. The fourth-order valence-electron chi connectivity index (χ4n) is 5.18. The van der Waals surface area contributed by atoms with Crippen LogP contribution in [-0.4, -0.2) is 50.9 Å². The molecule has 0 aliphatic carbocycles. The van der Waals surface area contributed by atoms with Crippen LogP contribution in [0.1, 0.15) is 42.5 Å². The van der Waals surface area contributed by atoms with Gasteiger partial charge in [-0.25, -0.2) is 8.42 Å². The van der Waals surface area contributed by atoms with Crippen molar-refractivity contribution in [3.63, 3.8) is 0 Å². The molecule has 0 aromatic heterocycles. The highest BCUT2D eigenvalue weighted by atomic mass is 79.9. The Hall–Kier alpha value is -4.15. The molecule has 0 saturated heterocycles. The molecule has 0 heterocycles. The van der Waals surface area contributed by atoms with Gasteiger partial charge < -0.3 is 15.0 Å². The lowest BCUT2D eigenvalue weighted by Gasteiger charge is -2.34. The molecule has 8 nitrogen and oxygen atoms in total. The molecule has 47 heavy (non-hydrogen) atoms. The van der Waals surface area contributed by atoms with Crippen LogP contribution in [0.3, 0.4) is 0 Å². The lowest BCUT2D eigenvalue weighted by atomic mass is 10.0. The van der Waals surface area contributed by atoms with E-state index in [1.807, 2.05) is 82.3 Å². The summed E-state index contributed by atoms with van der Waals surface area (Å²) in [5.74, 6) is -0.334. The SMILES string of the molecule is CC[C@H](C)NC(=O)[C@@H](Cc1ccccc1)N(Cc1cccc(C)c1)C(=O)CN(c1ccc(C)cc1)S(=O)(=O)c1ccc(OC)c(Br)c1. The molecule has 4 aromatic rings. The second-order valence-corrected chi connectivity index (χ2v) is 14.4. The maximum absolute atomic E-state index is 14.6. The van der Waals surface area contributed by atoms with Gasteiger partial charge in [-0.05, 0) is 84.6 Å². The lowest BCUT2D eigenvalue weighted by Crippen LogP contribution is -2.54. The van der Waals surface area contributed by atoms with Crippen molar-refractivity contribution in [1.29, 1.82) is 0 Å². The molecule has 0 fully saturated rings. The van der Waals surface area contributed by atoms with Crippen molar-refractivity contribution in [1.82, 2.24) is 10.2 Å². The van der Waals surface area contributed by atoms with E-state index < -0.39 is 28.5 Å². The topological polar surface area (TPSA) is 96.0 Å². The van der Waals surface area contributed by atoms with Gasteiger partial charge in [0.25, 0.3) is 10.0 Å². The number of sulfonamides is 1. The van der Waals surface area contributed by atoms with Crippen molar-refractivity contribution >= 4 is 43.5 Å². The van der Waals surface area contributed by atoms with Gasteiger partial charge in [0, 0.05) is 19.0 Å². The van der Waals surface area contributed by atoms with Gasteiger partial charge in [-0.2, -0.15) is 0 Å². The third kappa shape index (κ3) is 9.23. The van der Waals surface area contributed by atoms with Crippen molar-refractivity contribution < 1.29 is 22.7 Å². The standard InChI is InChI=1S/C37H42BrN3O5S/c1-6-28(4)39-37(43)34(22-29-12-8-7-9-13-29)40(24-30-14-10-11-27(3)21-30)36(42)25-41(31-17-15-26(2)16-18-31)47(44,45)32-19-20-35(46-5)33(38)23-32/h7-21,23,28,34H,6,22,24-25H2,1-5H3,(H,39,43)/t28-,34+/m0/s1. The van der Waals surface area contributed by atoms with E-state index in [9.17, 15) is 18.0 Å². The van der Waals surface area contributed by atoms with Crippen molar-refractivity contribution in [3.05, 3.63) is 124 Å². The fourth-order valence-corrected chi connectivity index (χ4v) is 7.31. The number of halogens is 1. The van der Waals surface area contributed by atoms with Crippen LogP contribution in [0.15, 0.2) is 106 Å². The molecule has 4 rings (SSSR count). The van der Waals surface area contributed by atoms with Gasteiger partial charge >= 0.3 is 0 Å². The molecule has 0 aliphatic rings. The quantitative estimate of drug-likeness (QED) is 0.154. The number of rotatable bonds is 14. The van der Waals surface area contributed by atoms with Gasteiger partial charge in [0.1, 0.15) is 18.3 Å². The minimum absolute atomic E-state index is 0.0147. The predicted molar refractivity (Wildman–Crippen MR) is 190 cm³/mol. The molecule has 0 spiro atoms. The molecule has 2 atom stereocenters. The first kappa shape index (κ1) is 35.7. The Balaban J connectivity index is 1.82. The Kier molecular flexibility index (Phi) is 12.2. The molecule has 0 radical (unpaired) electrons. The Morgan fingerprint density at radius 1 is 0.872 bits per heavy atom. The van der Waals surface area contributed by atoms with Crippen molar-refractivity contribution in [3.8, 4) is 5.75 Å². The van der Waals surface area contributed by atoms with Gasteiger partial charge in [0.05, 0.1) is 22.2 Å². The Bertz CT molecular complexity index is 1780. The first-order chi connectivity index (χ1) is 22.4. The van der Waals surface area contributed by atoms with Crippen LogP contribution in [0.4, 0.5) is 5.69 Å². The van der Waals surface area contributed by atoms with Crippen LogP contribution >= 0.6 is 15.9 Å². The summed E-state index contributed by atoms with van der Waals surface area (Å²) in [6.45, 7) is 7.36. The lowest BCUT2D eigenvalue weighted by molar-refractivity contribution is -0.140. The molecule has 10 heteroatoms. The number of aryl methyl sites for hydroxylation is 2. The summed E-state index contributed by atoms with van der Waals surface area (Å²) in [5, 5.41) is 3.07. The smallest absolute Gasteiger partial charge is 0.264 e. The first-order valence-electron chi connectivity index (χ1n) is 15.5. The van der Waals surface area contributed by atoms with Crippen LogP contribution < -0.4 is 14.4 Å². The molecule has 0 bridgehead atoms. The van der Waals surface area contributed by atoms with Crippen LogP contribution in [0.25, 0.3) is 0 Å². The third-order valence-corrected chi connectivity index (χ3v) is 10.4. The summed E-state index contributed by atoms with van der Waals surface area (Å²) in [7, 11) is -2.75. The summed E-state index contributed by atoms with van der Waals surface area (Å²) in [4.78, 5) is 30.1. The molecule has 4 aromatic carbocycles. The van der Waals surface area contributed by atoms with E-state index in [1.165, 1.54) is 24.1 Å². The van der Waals surface area contributed by atoms with Gasteiger partial charge in [-0.3, -0.25) is 13.9 Å². The van der Waals surface area contributed by atoms with E-state index in [0.717, 1.165) is 26.6 Å². The average Bonchev–Trinajstić information content (AvgIpc) is 3.05. The van der Waals surface area contributed by atoms with Gasteiger partial charge in [0.2, 0.25) is 11.8 Å². The second kappa shape index (κ2) is 16.1. The molecular formula is C37H42BrN3O5S. The van der Waals surface area contributed by atoms with Gasteiger partial charge in [0.15, 0.2) is 0 Å². The maximum atomic E-state index is 14.6. The number of carbonyl (C=O) groups is 2. The molecule has 0 aliphatic heterocycles. The van der Waals surface area contributed by atoms with E-state index in [0.29, 0.717) is 22.3 Å². The van der Waals surface area contributed by atoms with Crippen molar-refractivity contribution in [2.75, 3.05) is 18.0 Å². The molecular weight excluding hydrogens is 678 g/mol. The number of hydrogen-bond acceptors (Lipinski definition) is 5. The number of anilines is 1. The Morgan fingerprint density at radius 3 is 2.17 bits per heavy atom. The number of carbonyl (C=O) groups excluding carboxylic acids is 2. The van der Waals surface area contributed by atoms with E-state index in [1.54, 1.807) is 30.3 Å². The molecule has 248 valence electrons. The monoisotopic (exact) mass is 719 g/mol. The number of nitrogens with zero attached hydrogens (tertiary/aromatic N) is 2. The molecule has 1 N–H and O–H groups in total. The zero-order valence-electron chi connectivity index (χ0n) is 27.4. The van der Waals surface area contributed by atoms with Gasteiger partial charge in [-0.1, -0.05) is 84.8 Å². The number of nitrogens with one attached hydrogen (secondary N) is 1. The highest BCUT2D eigenvalue weighted by Gasteiger charge is 2.35. The average molecular weight is 721 g/mol. The summed E-state index contributed by atoms with van der Waals surface area (Å²) in [6.07, 6.45) is 0.968. The second-order valence-electron chi connectivity index (χ2n) is 11.7. The Labute approximate surface area is 286 Å². The first-order valence-corrected chi connectivity index (χ1v) is 17.8. The number of benzene rings is 4. The summed E-state index contributed by atoms with van der Waals surface area (Å²) in [6, 6.07) is 27.7. The maximum Gasteiger partial charge on any atom is 0.264 e. The summed E-state index contributed by atoms with van der Waals surface area (Å²) < 4.78 is 35.5. The van der Waals surface area contributed by atoms with E-state index in [-0.39, 0.29) is 29.8 Å². The normalized spacial score (nSPS) is 12.6. The molecule has 0 saturated carbocycles. The minimum Gasteiger partial charge on any atom is -0.496 e. The van der Waals surface area contributed by atoms with Gasteiger partial charge in [-0.15, -0.1) is 0 Å². The Morgan fingerprint density at radius 2 is 1.55 bits per heavy atom. The minimum atomic E-state index is -4.25. The number of amides is 2. The number of ether oxygens (including phenoxy) is 1. The van der Waals surface area contributed by atoms with E-state index in [4.69, 9.17) is 4.74 Å². The van der Waals surface area contributed by atoms with Crippen LogP contribution in [0, 0.1) is 13.8 Å². The van der Waals surface area contributed by atoms with Crippen LogP contribution in [0.2, 0.25) is 0 Å². The zero-order chi connectivity index (χ0) is 34.1. The van der Waals surface area contributed by atoms with E-state index in [2.05, 4.69) is 21.2 Å². The van der Waals surface area contributed by atoms with Crippen molar-refractivity contribution in [2.45, 2.75) is 64.1 Å². The fraction of sp³-hybridized carbons (Fsp3) is 0.297. The van der Waals surface area contributed by atoms with Crippen LogP contribution in [0.5, 0.6) is 5.75 Å². The summed E-state index contributed by atoms with van der Waals surface area (Å²) >= 11 is 3.40. The highest BCUT2D eigenvalue weighted by molar-refractivity contribution is 9.10. The predicted octanol–water partition coefficient (Wildman–Crippen LogP) is 6.82. The number of hydrogen-bond donors (Lipinski definition) is 1. The summed E-state index contributed by atoms with van der Waals surface area (Å²) in [5.41, 5.74) is 3.99. The zero-order valence-corrected chi connectivity index (χ0v) is 29.8.